The number of rotatable bonds is 3. The number of nitrogens with zero attached hydrogens (tertiary/aromatic N) is 2. The maximum absolute atomic E-state index is 4.27. The fourth-order valence-electron chi connectivity index (χ4n) is 2.04. The maximum atomic E-state index is 4.27. The van der Waals surface area contributed by atoms with Crippen LogP contribution in [0.25, 0.3) is 0 Å². The van der Waals surface area contributed by atoms with Gasteiger partial charge < -0.3 is 5.32 Å². The molecule has 0 spiro atoms. The molecule has 1 heterocycles. The molecule has 76 valence electrons. The van der Waals surface area contributed by atoms with Crippen molar-refractivity contribution in [3.05, 3.63) is 18.1 Å². The Hall–Kier alpha value is -1.12. The van der Waals surface area contributed by atoms with Crippen molar-refractivity contribution >= 4 is 5.82 Å². The monoisotopic (exact) mass is 191 g/mol. The van der Waals surface area contributed by atoms with E-state index in [9.17, 15) is 0 Å². The highest BCUT2D eigenvalue weighted by Gasteiger charge is 2.14. The van der Waals surface area contributed by atoms with E-state index in [1.807, 2.05) is 6.92 Å². The Morgan fingerprint density at radius 3 is 2.71 bits per heavy atom. The number of nitrogens with one attached hydrogen (secondary N) is 1. The third-order valence-corrected chi connectivity index (χ3v) is 2.91. The van der Waals surface area contributed by atoms with E-state index in [0.29, 0.717) is 0 Å². The highest BCUT2D eigenvalue weighted by Crippen LogP contribution is 2.24. The predicted octanol–water partition coefficient (Wildman–Crippen LogP) is 2.39. The van der Waals surface area contributed by atoms with Crippen LogP contribution >= 0.6 is 0 Å². The zero-order chi connectivity index (χ0) is 9.80. The van der Waals surface area contributed by atoms with E-state index in [1.54, 1.807) is 12.4 Å². The first kappa shape index (κ1) is 9.44. The lowest BCUT2D eigenvalue weighted by molar-refractivity contribution is 0.578. The number of hydrogen-bond acceptors (Lipinski definition) is 3. The normalized spacial score (nSPS) is 17.2. The molecule has 1 aliphatic carbocycles. The third kappa shape index (κ3) is 2.22. The van der Waals surface area contributed by atoms with Gasteiger partial charge in [-0.2, -0.15) is 0 Å². The van der Waals surface area contributed by atoms with Gasteiger partial charge in [-0.05, 0) is 25.7 Å². The van der Waals surface area contributed by atoms with E-state index in [4.69, 9.17) is 0 Å². The molecule has 0 aliphatic heterocycles. The van der Waals surface area contributed by atoms with Crippen molar-refractivity contribution in [3.63, 3.8) is 0 Å². The Kier molecular flexibility index (Phi) is 2.96. The molecular weight excluding hydrogens is 174 g/mol. The maximum Gasteiger partial charge on any atom is 0.147 e. The highest BCUT2D eigenvalue weighted by molar-refractivity contribution is 5.38. The van der Waals surface area contributed by atoms with Crippen molar-refractivity contribution < 1.29 is 0 Å². The molecule has 0 unspecified atom stereocenters. The third-order valence-electron chi connectivity index (χ3n) is 2.91. The standard InChI is InChI=1S/C11H17N3/c1-9-11(13-7-6-12-9)14-8-10-4-2-3-5-10/h6-7,10H,2-5,8H2,1H3,(H,13,14). The van der Waals surface area contributed by atoms with E-state index in [2.05, 4.69) is 15.3 Å². The molecule has 0 radical (unpaired) electrons. The molecule has 0 atom stereocenters. The average Bonchev–Trinajstić information content (AvgIpc) is 2.69. The van der Waals surface area contributed by atoms with Gasteiger partial charge in [-0.1, -0.05) is 12.8 Å². The predicted molar refractivity (Wildman–Crippen MR) is 57.2 cm³/mol. The Balaban J connectivity index is 1.88. The van der Waals surface area contributed by atoms with Crippen LogP contribution in [0.5, 0.6) is 0 Å². The van der Waals surface area contributed by atoms with Crippen molar-refractivity contribution in [2.24, 2.45) is 5.92 Å². The van der Waals surface area contributed by atoms with Gasteiger partial charge in [-0.3, -0.25) is 4.98 Å². The van der Waals surface area contributed by atoms with Crippen LogP contribution in [0.2, 0.25) is 0 Å². The molecule has 3 heteroatoms. The van der Waals surface area contributed by atoms with Crippen LogP contribution in [0.4, 0.5) is 5.82 Å². The van der Waals surface area contributed by atoms with Crippen LogP contribution in [0.1, 0.15) is 31.4 Å². The Morgan fingerprint density at radius 2 is 2.00 bits per heavy atom. The number of anilines is 1. The van der Waals surface area contributed by atoms with E-state index in [-0.39, 0.29) is 0 Å². The second-order valence-corrected chi connectivity index (χ2v) is 4.02. The lowest BCUT2D eigenvalue weighted by Gasteiger charge is -2.11. The van der Waals surface area contributed by atoms with Gasteiger partial charge in [0.1, 0.15) is 5.82 Å². The Labute approximate surface area is 85.0 Å². The van der Waals surface area contributed by atoms with Gasteiger partial charge in [0.15, 0.2) is 0 Å². The fraction of sp³-hybridized carbons (Fsp3) is 0.636. The van der Waals surface area contributed by atoms with Gasteiger partial charge in [0.2, 0.25) is 0 Å². The Morgan fingerprint density at radius 1 is 1.29 bits per heavy atom. The summed E-state index contributed by atoms with van der Waals surface area (Å²) in [7, 11) is 0. The van der Waals surface area contributed by atoms with Crippen LogP contribution in [0.15, 0.2) is 12.4 Å². The molecule has 2 rings (SSSR count). The van der Waals surface area contributed by atoms with Crippen molar-refractivity contribution in [3.8, 4) is 0 Å². The van der Waals surface area contributed by atoms with E-state index < -0.39 is 0 Å². The van der Waals surface area contributed by atoms with Crippen LogP contribution in [0, 0.1) is 12.8 Å². The zero-order valence-electron chi connectivity index (χ0n) is 8.66. The van der Waals surface area contributed by atoms with Crippen LogP contribution in [0.3, 0.4) is 0 Å². The minimum absolute atomic E-state index is 0.844. The molecule has 1 N–H and O–H groups in total. The minimum Gasteiger partial charge on any atom is -0.368 e. The van der Waals surface area contributed by atoms with Gasteiger partial charge in [-0.25, -0.2) is 4.98 Å². The van der Waals surface area contributed by atoms with E-state index in [0.717, 1.165) is 24.0 Å². The molecule has 0 saturated heterocycles. The number of hydrogen-bond donors (Lipinski definition) is 1. The van der Waals surface area contributed by atoms with Gasteiger partial charge in [0.25, 0.3) is 0 Å². The molecule has 3 nitrogen and oxygen atoms in total. The highest BCUT2D eigenvalue weighted by atomic mass is 15.0. The summed E-state index contributed by atoms with van der Waals surface area (Å²) in [6.07, 6.45) is 9.00. The van der Waals surface area contributed by atoms with Gasteiger partial charge in [0, 0.05) is 18.9 Å². The fourth-order valence-corrected chi connectivity index (χ4v) is 2.04. The van der Waals surface area contributed by atoms with E-state index in [1.165, 1.54) is 25.7 Å². The lowest BCUT2D eigenvalue weighted by Crippen LogP contribution is -2.13. The summed E-state index contributed by atoms with van der Waals surface area (Å²) in [5, 5.41) is 3.38. The smallest absolute Gasteiger partial charge is 0.147 e. The lowest BCUT2D eigenvalue weighted by atomic mass is 10.1. The first-order valence-corrected chi connectivity index (χ1v) is 5.38. The van der Waals surface area contributed by atoms with Crippen molar-refractivity contribution in [2.75, 3.05) is 11.9 Å². The summed E-state index contributed by atoms with van der Waals surface area (Å²) in [6.45, 7) is 3.05. The molecule has 0 amide bonds. The van der Waals surface area contributed by atoms with E-state index >= 15 is 0 Å². The molecule has 1 aromatic rings. The zero-order valence-corrected chi connectivity index (χ0v) is 8.66. The summed E-state index contributed by atoms with van der Waals surface area (Å²) < 4.78 is 0. The molecule has 0 bridgehead atoms. The topological polar surface area (TPSA) is 37.8 Å². The van der Waals surface area contributed by atoms with Crippen LogP contribution in [-0.2, 0) is 0 Å². The molecule has 1 saturated carbocycles. The average molecular weight is 191 g/mol. The van der Waals surface area contributed by atoms with Crippen LogP contribution in [-0.4, -0.2) is 16.5 Å². The number of aryl methyl sites for hydroxylation is 1. The summed E-state index contributed by atoms with van der Waals surface area (Å²) in [6, 6.07) is 0. The molecule has 1 aliphatic rings. The quantitative estimate of drug-likeness (QED) is 0.797. The minimum atomic E-state index is 0.844. The summed E-state index contributed by atoms with van der Waals surface area (Å²) in [5.74, 6) is 1.79. The molecule has 0 aromatic carbocycles. The molecule has 1 aromatic heterocycles. The summed E-state index contributed by atoms with van der Waals surface area (Å²) >= 11 is 0. The summed E-state index contributed by atoms with van der Waals surface area (Å²) in [5.41, 5.74) is 0.991. The number of aromatic nitrogens is 2. The van der Waals surface area contributed by atoms with Crippen LogP contribution < -0.4 is 5.32 Å². The van der Waals surface area contributed by atoms with Crippen molar-refractivity contribution in [1.82, 2.24) is 9.97 Å². The molecular formula is C11H17N3. The van der Waals surface area contributed by atoms with Gasteiger partial charge in [0.05, 0.1) is 5.69 Å². The SMILES string of the molecule is Cc1nccnc1NCC1CCCC1. The summed E-state index contributed by atoms with van der Waals surface area (Å²) in [4.78, 5) is 8.46. The Bertz CT molecular complexity index is 292. The second kappa shape index (κ2) is 4.40. The van der Waals surface area contributed by atoms with Crippen molar-refractivity contribution in [2.45, 2.75) is 32.6 Å². The first-order chi connectivity index (χ1) is 6.86. The first-order valence-electron chi connectivity index (χ1n) is 5.38. The molecule has 1 fully saturated rings. The van der Waals surface area contributed by atoms with Crippen molar-refractivity contribution in [1.29, 1.82) is 0 Å². The second-order valence-electron chi connectivity index (χ2n) is 4.02. The largest absolute Gasteiger partial charge is 0.368 e. The van der Waals surface area contributed by atoms with Gasteiger partial charge in [-0.15, -0.1) is 0 Å². The molecule has 14 heavy (non-hydrogen) atoms. The van der Waals surface area contributed by atoms with Gasteiger partial charge >= 0.3 is 0 Å².